The third-order valence-corrected chi connectivity index (χ3v) is 5.63. The van der Waals surface area contributed by atoms with E-state index in [0.717, 1.165) is 0 Å². The summed E-state index contributed by atoms with van der Waals surface area (Å²) in [6, 6.07) is 0. The highest BCUT2D eigenvalue weighted by Gasteiger charge is 2.11. The van der Waals surface area contributed by atoms with Crippen molar-refractivity contribution in [2.45, 2.75) is 18.9 Å². The Morgan fingerprint density at radius 3 is 2.44 bits per heavy atom. The SMILES string of the molecule is CSCCC(C)[SiH](Cl)Cl. The van der Waals surface area contributed by atoms with Gasteiger partial charge in [0.15, 0.2) is 0 Å². The van der Waals surface area contributed by atoms with Gasteiger partial charge in [0.2, 0.25) is 7.42 Å². The van der Waals surface area contributed by atoms with Crippen molar-refractivity contribution in [3.63, 3.8) is 0 Å². The van der Waals surface area contributed by atoms with Crippen LogP contribution >= 0.6 is 33.9 Å². The molecule has 0 aliphatic carbocycles. The summed E-state index contributed by atoms with van der Waals surface area (Å²) in [5, 5.41) is 0. The summed E-state index contributed by atoms with van der Waals surface area (Å²) in [5.74, 6) is 1.18. The molecule has 0 saturated heterocycles. The molecule has 0 nitrogen and oxygen atoms in total. The van der Waals surface area contributed by atoms with Crippen molar-refractivity contribution in [3.8, 4) is 0 Å². The minimum Gasteiger partial charge on any atom is -0.165 e. The second kappa shape index (κ2) is 5.90. The van der Waals surface area contributed by atoms with Crippen molar-refractivity contribution in [1.82, 2.24) is 0 Å². The van der Waals surface area contributed by atoms with Crippen molar-refractivity contribution in [2.75, 3.05) is 12.0 Å². The molecule has 0 aliphatic rings. The zero-order valence-corrected chi connectivity index (χ0v) is 9.22. The highest BCUT2D eigenvalue weighted by molar-refractivity contribution is 7.98. The quantitative estimate of drug-likeness (QED) is 0.500. The molecular weight excluding hydrogens is 191 g/mol. The number of hydrogen-bond donors (Lipinski definition) is 0. The summed E-state index contributed by atoms with van der Waals surface area (Å²) in [5.41, 5.74) is 0.570. The molecule has 0 N–H and O–H groups in total. The van der Waals surface area contributed by atoms with Gasteiger partial charge in [-0.1, -0.05) is 6.92 Å². The van der Waals surface area contributed by atoms with Gasteiger partial charge in [0.05, 0.1) is 0 Å². The van der Waals surface area contributed by atoms with E-state index in [-0.39, 0.29) is 0 Å². The Bertz CT molecular complexity index is 70.0. The molecule has 0 fully saturated rings. The van der Waals surface area contributed by atoms with Gasteiger partial charge in [-0.3, -0.25) is 0 Å². The summed E-state index contributed by atoms with van der Waals surface area (Å²) in [6.45, 7) is 2.13. The average molecular weight is 203 g/mol. The molecule has 1 unspecified atom stereocenters. The van der Waals surface area contributed by atoms with Crippen molar-refractivity contribution in [1.29, 1.82) is 0 Å². The molecule has 1 atom stereocenters. The number of halogens is 2. The maximum absolute atomic E-state index is 5.76. The van der Waals surface area contributed by atoms with E-state index < -0.39 is 7.42 Å². The lowest BCUT2D eigenvalue weighted by molar-refractivity contribution is 0.885. The Morgan fingerprint density at radius 2 is 2.11 bits per heavy atom. The topological polar surface area (TPSA) is 0 Å². The fraction of sp³-hybridized carbons (Fsp3) is 1.00. The van der Waals surface area contributed by atoms with E-state index in [1.807, 2.05) is 11.8 Å². The van der Waals surface area contributed by atoms with Crippen LogP contribution in [0.2, 0.25) is 5.54 Å². The van der Waals surface area contributed by atoms with Gasteiger partial charge in [-0.25, -0.2) is 0 Å². The maximum Gasteiger partial charge on any atom is 0.239 e. The third-order valence-electron chi connectivity index (χ3n) is 1.21. The van der Waals surface area contributed by atoms with Crippen molar-refractivity contribution in [2.24, 2.45) is 0 Å². The first-order chi connectivity index (χ1) is 4.18. The molecule has 0 rings (SSSR count). The Morgan fingerprint density at radius 1 is 1.56 bits per heavy atom. The Labute approximate surface area is 72.3 Å². The molecule has 4 heteroatoms. The first kappa shape index (κ1) is 10.1. The van der Waals surface area contributed by atoms with E-state index in [1.54, 1.807) is 0 Å². The Kier molecular flexibility index (Phi) is 6.65. The van der Waals surface area contributed by atoms with Gasteiger partial charge in [-0.2, -0.15) is 33.9 Å². The largest absolute Gasteiger partial charge is 0.239 e. The zero-order valence-electron chi connectivity index (χ0n) is 5.73. The molecule has 9 heavy (non-hydrogen) atoms. The summed E-state index contributed by atoms with van der Waals surface area (Å²) in [7, 11) is -1.37. The molecular formula is C5H12Cl2SSi. The van der Waals surface area contributed by atoms with E-state index in [9.17, 15) is 0 Å². The summed E-state index contributed by atoms with van der Waals surface area (Å²) >= 11 is 13.4. The fourth-order valence-corrected chi connectivity index (χ4v) is 2.45. The summed E-state index contributed by atoms with van der Waals surface area (Å²) in [4.78, 5) is 0. The van der Waals surface area contributed by atoms with E-state index in [0.29, 0.717) is 5.54 Å². The summed E-state index contributed by atoms with van der Waals surface area (Å²) < 4.78 is 0. The predicted octanol–water partition coefficient (Wildman–Crippen LogP) is 2.83. The average Bonchev–Trinajstić information content (AvgIpc) is 1.82. The molecule has 0 radical (unpaired) electrons. The van der Waals surface area contributed by atoms with Gasteiger partial charge in [-0.05, 0) is 24.0 Å². The van der Waals surface area contributed by atoms with Gasteiger partial charge in [-0.15, -0.1) is 0 Å². The lowest BCUT2D eigenvalue weighted by Gasteiger charge is -2.07. The van der Waals surface area contributed by atoms with Crippen LogP contribution in [0.25, 0.3) is 0 Å². The van der Waals surface area contributed by atoms with Crippen LogP contribution in [-0.2, 0) is 0 Å². The van der Waals surface area contributed by atoms with Crippen LogP contribution in [0, 0.1) is 0 Å². The monoisotopic (exact) mass is 202 g/mol. The molecule has 56 valence electrons. The molecule has 0 aromatic carbocycles. The van der Waals surface area contributed by atoms with Crippen LogP contribution < -0.4 is 0 Å². The zero-order chi connectivity index (χ0) is 7.28. The van der Waals surface area contributed by atoms with E-state index in [1.165, 1.54) is 12.2 Å². The van der Waals surface area contributed by atoms with E-state index >= 15 is 0 Å². The minimum absolute atomic E-state index is 0.570. The van der Waals surface area contributed by atoms with Gasteiger partial charge in [0.25, 0.3) is 0 Å². The second-order valence-electron chi connectivity index (χ2n) is 2.09. The molecule has 0 aromatic heterocycles. The van der Waals surface area contributed by atoms with Crippen LogP contribution in [0.5, 0.6) is 0 Å². The highest BCUT2D eigenvalue weighted by Crippen LogP contribution is 2.21. The molecule has 0 amide bonds. The molecule has 0 heterocycles. The van der Waals surface area contributed by atoms with Crippen molar-refractivity contribution in [3.05, 3.63) is 0 Å². The number of hydrogen-bond acceptors (Lipinski definition) is 1. The molecule has 0 saturated carbocycles. The van der Waals surface area contributed by atoms with Gasteiger partial charge in [0, 0.05) is 0 Å². The summed E-state index contributed by atoms with van der Waals surface area (Å²) in [6.07, 6.45) is 3.27. The van der Waals surface area contributed by atoms with Crippen molar-refractivity contribution < 1.29 is 0 Å². The van der Waals surface area contributed by atoms with Crippen LogP contribution in [0.1, 0.15) is 13.3 Å². The normalized spacial score (nSPS) is 14.3. The lowest BCUT2D eigenvalue weighted by Crippen LogP contribution is -2.03. The second-order valence-corrected chi connectivity index (χ2v) is 8.38. The van der Waals surface area contributed by atoms with Gasteiger partial charge >= 0.3 is 0 Å². The first-order valence-corrected chi connectivity index (χ1v) is 8.50. The fourth-order valence-electron chi connectivity index (χ4n) is 0.430. The Balaban J connectivity index is 3.16. The molecule has 0 aliphatic heterocycles. The highest BCUT2D eigenvalue weighted by atomic mass is 35.7. The van der Waals surface area contributed by atoms with Gasteiger partial charge < -0.3 is 0 Å². The Hall–Kier alpha value is 1.15. The van der Waals surface area contributed by atoms with Crippen molar-refractivity contribution >= 4 is 41.3 Å². The maximum atomic E-state index is 5.76. The molecule has 0 spiro atoms. The van der Waals surface area contributed by atoms with Crippen LogP contribution in [0.4, 0.5) is 0 Å². The van der Waals surface area contributed by atoms with E-state index in [4.69, 9.17) is 22.2 Å². The smallest absolute Gasteiger partial charge is 0.165 e. The predicted molar refractivity (Wildman–Crippen MR) is 51.3 cm³/mol. The number of rotatable bonds is 4. The minimum atomic E-state index is -1.37. The van der Waals surface area contributed by atoms with Gasteiger partial charge in [0.1, 0.15) is 0 Å². The van der Waals surface area contributed by atoms with E-state index in [2.05, 4.69) is 13.2 Å². The van der Waals surface area contributed by atoms with Crippen LogP contribution in [-0.4, -0.2) is 19.4 Å². The van der Waals surface area contributed by atoms with Crippen LogP contribution in [0.15, 0.2) is 0 Å². The standard InChI is InChI=1S/C5H12Cl2SSi/c1-5(9(6)7)3-4-8-2/h5,9H,3-4H2,1-2H3. The molecule has 0 bridgehead atoms. The molecule has 0 aromatic rings. The third kappa shape index (κ3) is 5.58. The van der Waals surface area contributed by atoms with Crippen LogP contribution in [0.3, 0.4) is 0 Å². The first-order valence-electron chi connectivity index (χ1n) is 2.95. The lowest BCUT2D eigenvalue weighted by atomic mass is 10.4. The number of thioether (sulfide) groups is 1.